The molecular formula is C15H23ClN2O3S. The fraction of sp³-hybridized carbons (Fsp3) is 0.600. The van der Waals surface area contributed by atoms with Crippen molar-refractivity contribution in [3.63, 3.8) is 0 Å². The molecule has 1 aromatic rings. The first kappa shape index (κ1) is 17.5. The van der Waals surface area contributed by atoms with Crippen LogP contribution in [0.2, 0.25) is 5.02 Å². The number of nitrogens with two attached hydrogens (primary N) is 1. The SMILES string of the molecule is COc1cc(C)c(S(=O)(=O)N2CCCC(C(C)N)C2)cc1Cl. The number of aryl methyl sites for hydroxylation is 1. The van der Waals surface area contributed by atoms with Gasteiger partial charge in [-0.15, -0.1) is 0 Å². The predicted molar refractivity (Wildman–Crippen MR) is 87.9 cm³/mol. The number of hydrogen-bond donors (Lipinski definition) is 1. The van der Waals surface area contributed by atoms with Crippen molar-refractivity contribution < 1.29 is 13.2 Å². The van der Waals surface area contributed by atoms with Gasteiger partial charge in [0.2, 0.25) is 10.0 Å². The largest absolute Gasteiger partial charge is 0.495 e. The molecule has 0 spiro atoms. The van der Waals surface area contributed by atoms with E-state index in [1.807, 2.05) is 6.92 Å². The van der Waals surface area contributed by atoms with Gasteiger partial charge in [0.15, 0.2) is 0 Å². The molecule has 1 aliphatic rings. The minimum atomic E-state index is -3.57. The number of halogens is 1. The van der Waals surface area contributed by atoms with Gasteiger partial charge in [0.25, 0.3) is 0 Å². The Morgan fingerprint density at radius 2 is 2.14 bits per heavy atom. The summed E-state index contributed by atoms with van der Waals surface area (Å²) in [4.78, 5) is 0.239. The van der Waals surface area contributed by atoms with E-state index < -0.39 is 10.0 Å². The monoisotopic (exact) mass is 346 g/mol. The number of benzene rings is 1. The lowest BCUT2D eigenvalue weighted by Gasteiger charge is -2.34. The third kappa shape index (κ3) is 3.40. The Bertz CT molecular complexity index is 646. The molecule has 0 bridgehead atoms. The number of ether oxygens (including phenoxy) is 1. The van der Waals surface area contributed by atoms with Crippen molar-refractivity contribution in [2.24, 2.45) is 11.7 Å². The van der Waals surface area contributed by atoms with Gasteiger partial charge < -0.3 is 10.5 Å². The molecule has 2 rings (SSSR count). The first-order valence-electron chi connectivity index (χ1n) is 7.37. The highest BCUT2D eigenvalue weighted by Crippen LogP contribution is 2.33. The molecule has 1 aliphatic heterocycles. The lowest BCUT2D eigenvalue weighted by Crippen LogP contribution is -2.45. The van der Waals surface area contributed by atoms with Gasteiger partial charge in [-0.25, -0.2) is 8.42 Å². The van der Waals surface area contributed by atoms with E-state index in [0.717, 1.165) is 12.8 Å². The minimum Gasteiger partial charge on any atom is -0.495 e. The molecule has 0 aliphatic carbocycles. The van der Waals surface area contributed by atoms with E-state index >= 15 is 0 Å². The van der Waals surface area contributed by atoms with E-state index in [9.17, 15) is 8.42 Å². The van der Waals surface area contributed by atoms with Gasteiger partial charge in [-0.2, -0.15) is 4.31 Å². The summed E-state index contributed by atoms with van der Waals surface area (Å²) in [6.45, 7) is 4.66. The molecule has 7 heteroatoms. The summed E-state index contributed by atoms with van der Waals surface area (Å²) in [6.07, 6.45) is 1.79. The summed E-state index contributed by atoms with van der Waals surface area (Å²) in [5, 5.41) is 0.299. The van der Waals surface area contributed by atoms with Crippen LogP contribution in [-0.4, -0.2) is 39.0 Å². The lowest BCUT2D eigenvalue weighted by atomic mass is 9.93. The van der Waals surface area contributed by atoms with Crippen LogP contribution in [0.5, 0.6) is 5.75 Å². The Kier molecular flexibility index (Phi) is 5.37. The molecule has 0 radical (unpaired) electrons. The predicted octanol–water partition coefficient (Wildman–Crippen LogP) is 2.40. The highest BCUT2D eigenvalue weighted by atomic mass is 35.5. The summed E-state index contributed by atoms with van der Waals surface area (Å²) in [6, 6.07) is 3.11. The second-order valence-electron chi connectivity index (χ2n) is 5.88. The van der Waals surface area contributed by atoms with Gasteiger partial charge in [-0.1, -0.05) is 11.6 Å². The molecule has 0 amide bonds. The smallest absolute Gasteiger partial charge is 0.243 e. The molecule has 5 nitrogen and oxygen atoms in total. The molecule has 124 valence electrons. The topological polar surface area (TPSA) is 72.6 Å². The summed E-state index contributed by atoms with van der Waals surface area (Å²) < 4.78 is 32.5. The van der Waals surface area contributed by atoms with Crippen LogP contribution in [0, 0.1) is 12.8 Å². The fourth-order valence-corrected chi connectivity index (χ4v) is 4.91. The summed E-state index contributed by atoms with van der Waals surface area (Å²) in [7, 11) is -2.06. The van der Waals surface area contributed by atoms with Crippen molar-refractivity contribution in [1.82, 2.24) is 4.31 Å². The molecule has 0 aromatic heterocycles. The van der Waals surface area contributed by atoms with Crippen LogP contribution in [0.3, 0.4) is 0 Å². The van der Waals surface area contributed by atoms with Crippen molar-refractivity contribution in [2.45, 2.75) is 37.6 Å². The van der Waals surface area contributed by atoms with E-state index in [0.29, 0.717) is 29.4 Å². The molecule has 0 saturated carbocycles. The number of piperidine rings is 1. The maximum atomic E-state index is 12.9. The minimum absolute atomic E-state index is 0.0152. The molecular weight excluding hydrogens is 324 g/mol. The molecule has 1 fully saturated rings. The van der Waals surface area contributed by atoms with Crippen molar-refractivity contribution in [3.8, 4) is 5.75 Å². The fourth-order valence-electron chi connectivity index (χ4n) is 2.83. The number of sulfonamides is 1. The summed E-state index contributed by atoms with van der Waals surface area (Å²) in [5.41, 5.74) is 6.57. The zero-order valence-corrected chi connectivity index (χ0v) is 14.7. The van der Waals surface area contributed by atoms with Crippen LogP contribution < -0.4 is 10.5 Å². The summed E-state index contributed by atoms with van der Waals surface area (Å²) >= 11 is 6.10. The second-order valence-corrected chi connectivity index (χ2v) is 8.19. The lowest BCUT2D eigenvalue weighted by molar-refractivity contribution is 0.243. The zero-order valence-electron chi connectivity index (χ0n) is 13.2. The Balaban J connectivity index is 2.36. The maximum Gasteiger partial charge on any atom is 0.243 e. The Hall–Kier alpha value is -0.820. The van der Waals surface area contributed by atoms with E-state index in [4.69, 9.17) is 22.1 Å². The standard InChI is InChI=1S/C15H23ClN2O3S/c1-10-7-14(21-3)13(16)8-15(10)22(19,20)18-6-4-5-12(9-18)11(2)17/h7-8,11-12H,4-6,9,17H2,1-3H3. The van der Waals surface area contributed by atoms with Crippen molar-refractivity contribution in [3.05, 3.63) is 22.7 Å². The Morgan fingerprint density at radius 1 is 1.45 bits per heavy atom. The quantitative estimate of drug-likeness (QED) is 0.908. The first-order chi connectivity index (χ1) is 10.3. The Morgan fingerprint density at radius 3 is 2.73 bits per heavy atom. The molecule has 2 atom stereocenters. The maximum absolute atomic E-state index is 12.9. The number of hydrogen-bond acceptors (Lipinski definition) is 4. The van der Waals surface area contributed by atoms with Crippen molar-refractivity contribution in [1.29, 1.82) is 0 Å². The molecule has 1 heterocycles. The van der Waals surface area contributed by atoms with Gasteiger partial charge in [-0.05, 0) is 50.3 Å². The second kappa shape index (κ2) is 6.74. The molecule has 22 heavy (non-hydrogen) atoms. The van der Waals surface area contributed by atoms with E-state index in [1.165, 1.54) is 17.5 Å². The number of methoxy groups -OCH3 is 1. The van der Waals surface area contributed by atoms with E-state index in [-0.39, 0.29) is 16.9 Å². The van der Waals surface area contributed by atoms with Gasteiger partial charge in [0, 0.05) is 19.1 Å². The molecule has 2 unspecified atom stereocenters. The van der Waals surface area contributed by atoms with Crippen LogP contribution >= 0.6 is 11.6 Å². The van der Waals surface area contributed by atoms with Crippen LogP contribution in [-0.2, 0) is 10.0 Å². The zero-order chi connectivity index (χ0) is 16.5. The third-order valence-corrected chi connectivity index (χ3v) is 6.53. The van der Waals surface area contributed by atoms with Crippen LogP contribution in [0.25, 0.3) is 0 Å². The van der Waals surface area contributed by atoms with Crippen LogP contribution in [0.1, 0.15) is 25.3 Å². The highest BCUT2D eigenvalue weighted by Gasteiger charge is 2.32. The molecule has 1 saturated heterocycles. The van der Waals surface area contributed by atoms with Crippen molar-refractivity contribution >= 4 is 21.6 Å². The van der Waals surface area contributed by atoms with Crippen LogP contribution in [0.4, 0.5) is 0 Å². The van der Waals surface area contributed by atoms with Crippen molar-refractivity contribution in [2.75, 3.05) is 20.2 Å². The number of nitrogens with zero attached hydrogens (tertiary/aromatic N) is 1. The third-order valence-electron chi connectivity index (χ3n) is 4.23. The summed E-state index contributed by atoms with van der Waals surface area (Å²) in [5.74, 6) is 0.669. The Labute approximate surface area is 137 Å². The van der Waals surface area contributed by atoms with E-state index in [1.54, 1.807) is 13.0 Å². The van der Waals surface area contributed by atoms with Gasteiger partial charge in [0.1, 0.15) is 5.75 Å². The van der Waals surface area contributed by atoms with Gasteiger partial charge in [-0.3, -0.25) is 0 Å². The van der Waals surface area contributed by atoms with Crippen LogP contribution in [0.15, 0.2) is 17.0 Å². The molecule has 1 aromatic carbocycles. The average molecular weight is 347 g/mol. The highest BCUT2D eigenvalue weighted by molar-refractivity contribution is 7.89. The normalized spacial score (nSPS) is 21.6. The van der Waals surface area contributed by atoms with Gasteiger partial charge in [0.05, 0.1) is 17.0 Å². The number of rotatable bonds is 4. The van der Waals surface area contributed by atoms with Gasteiger partial charge >= 0.3 is 0 Å². The first-order valence-corrected chi connectivity index (χ1v) is 9.19. The average Bonchev–Trinajstić information content (AvgIpc) is 2.49. The van der Waals surface area contributed by atoms with E-state index in [2.05, 4.69) is 0 Å². The molecule has 2 N–H and O–H groups in total.